The van der Waals surface area contributed by atoms with Crippen molar-refractivity contribution in [2.45, 2.75) is 13.8 Å². The van der Waals surface area contributed by atoms with Crippen LogP contribution in [0.4, 0.5) is 5.82 Å². The maximum absolute atomic E-state index is 11.9. The van der Waals surface area contributed by atoms with E-state index in [0.29, 0.717) is 29.3 Å². The number of aromatic nitrogens is 1. The number of amides is 1. The molecule has 0 aliphatic carbocycles. The van der Waals surface area contributed by atoms with Gasteiger partial charge in [0.05, 0.1) is 11.4 Å². The number of nitrogens with one attached hydrogen (secondary N) is 3. The van der Waals surface area contributed by atoms with Gasteiger partial charge in [-0.25, -0.2) is 4.98 Å². The van der Waals surface area contributed by atoms with Crippen molar-refractivity contribution in [1.82, 2.24) is 5.32 Å². The molecule has 0 saturated carbocycles. The van der Waals surface area contributed by atoms with Crippen molar-refractivity contribution < 1.29 is 9.78 Å². The number of thiophene rings is 1. The first kappa shape index (κ1) is 16.9. The van der Waals surface area contributed by atoms with Crippen LogP contribution in [0.15, 0.2) is 35.7 Å². The molecule has 5 nitrogen and oxygen atoms in total. The molecule has 0 aliphatic heterocycles. The molecule has 2 heterocycles. The second-order valence-corrected chi connectivity index (χ2v) is 6.82. The molecule has 0 saturated heterocycles. The van der Waals surface area contributed by atoms with Crippen LogP contribution < -0.4 is 15.6 Å². The average Bonchev–Trinajstić information content (AvgIpc) is 3.12. The molecular weight excluding hydrogens is 332 g/mol. The maximum Gasteiger partial charge on any atom is 0.290 e. The minimum absolute atomic E-state index is 0.0777. The van der Waals surface area contributed by atoms with Gasteiger partial charge in [-0.1, -0.05) is 12.1 Å². The second kappa shape index (κ2) is 7.32. The highest BCUT2D eigenvalue weighted by Gasteiger charge is 2.14. The van der Waals surface area contributed by atoms with Gasteiger partial charge in [-0.05, 0) is 48.6 Å². The maximum atomic E-state index is 11.9. The Morgan fingerprint density at radius 2 is 2.12 bits per heavy atom. The first-order valence-electron chi connectivity index (χ1n) is 8.01. The number of H-pyrrole nitrogens is 1. The highest BCUT2D eigenvalue weighted by molar-refractivity contribution is 7.12. The number of carbonyl (C=O) groups is 1. The zero-order chi connectivity index (χ0) is 17.8. The zero-order valence-electron chi connectivity index (χ0n) is 14.1. The van der Waals surface area contributed by atoms with Crippen LogP contribution in [0.2, 0.25) is 0 Å². The first-order chi connectivity index (χ1) is 12.1. The summed E-state index contributed by atoms with van der Waals surface area (Å²) in [5, 5.41) is 18.4. The minimum Gasteiger partial charge on any atom is -0.347 e. The number of aromatic amines is 1. The van der Waals surface area contributed by atoms with Crippen LogP contribution in [0.5, 0.6) is 0 Å². The molecule has 0 unspecified atom stereocenters. The predicted molar refractivity (Wildman–Crippen MR) is 99.8 cm³/mol. The van der Waals surface area contributed by atoms with E-state index in [1.165, 1.54) is 16.9 Å². The Balaban J connectivity index is 1.70. The Bertz CT molecular complexity index is 958. The van der Waals surface area contributed by atoms with E-state index in [2.05, 4.69) is 33.8 Å². The smallest absolute Gasteiger partial charge is 0.290 e. The Hall–Kier alpha value is -2.91. The van der Waals surface area contributed by atoms with Crippen molar-refractivity contribution in [2.75, 3.05) is 18.4 Å². The number of carbonyl (C=O) groups excluding carboxylic acids is 1. The summed E-state index contributed by atoms with van der Waals surface area (Å²) in [5.41, 5.74) is 3.85. The Kier molecular flexibility index (Phi) is 4.96. The summed E-state index contributed by atoms with van der Waals surface area (Å²) in [6, 6.07) is 11.9. The Morgan fingerprint density at radius 3 is 2.84 bits per heavy atom. The van der Waals surface area contributed by atoms with Crippen molar-refractivity contribution in [3.05, 3.63) is 57.3 Å². The van der Waals surface area contributed by atoms with Crippen LogP contribution in [0, 0.1) is 25.2 Å². The fraction of sp³-hybridized carbons (Fsp3) is 0.211. The number of nitrogens with zero attached hydrogens (tertiary/aromatic N) is 1. The molecule has 0 radical (unpaired) electrons. The summed E-state index contributed by atoms with van der Waals surface area (Å²) in [7, 11) is 0. The largest absolute Gasteiger partial charge is 0.347 e. The van der Waals surface area contributed by atoms with Crippen LogP contribution in [0.1, 0.15) is 26.4 Å². The molecule has 0 bridgehead atoms. The number of benzene rings is 1. The van der Waals surface area contributed by atoms with Crippen LogP contribution >= 0.6 is 11.3 Å². The van der Waals surface area contributed by atoms with Crippen LogP contribution in [-0.4, -0.2) is 19.0 Å². The van der Waals surface area contributed by atoms with Gasteiger partial charge >= 0.3 is 0 Å². The second-order valence-electron chi connectivity index (χ2n) is 5.87. The molecule has 25 heavy (non-hydrogen) atoms. The minimum atomic E-state index is -0.0777. The SMILES string of the molecule is Cc1cc(C)c2cc(C#N)c(NCCNC(=O)c3cccs3)[nH+]c2c1. The summed E-state index contributed by atoms with van der Waals surface area (Å²) >= 11 is 1.41. The van der Waals surface area contributed by atoms with E-state index >= 15 is 0 Å². The average molecular weight is 351 g/mol. The number of anilines is 1. The summed E-state index contributed by atoms with van der Waals surface area (Å²) in [6.45, 7) is 5.09. The van der Waals surface area contributed by atoms with Crippen molar-refractivity contribution in [3.63, 3.8) is 0 Å². The molecule has 0 spiro atoms. The third-order valence-electron chi connectivity index (χ3n) is 3.93. The van der Waals surface area contributed by atoms with E-state index in [1.54, 1.807) is 6.07 Å². The highest BCUT2D eigenvalue weighted by Crippen LogP contribution is 2.21. The third-order valence-corrected chi connectivity index (χ3v) is 4.80. The lowest BCUT2D eigenvalue weighted by atomic mass is 10.0. The van der Waals surface area contributed by atoms with Gasteiger partial charge in [0.1, 0.15) is 23.7 Å². The van der Waals surface area contributed by atoms with Crippen molar-refractivity contribution in [2.24, 2.45) is 0 Å². The fourth-order valence-electron chi connectivity index (χ4n) is 2.78. The molecule has 0 atom stereocenters. The van der Waals surface area contributed by atoms with Crippen molar-refractivity contribution in [1.29, 1.82) is 5.26 Å². The van der Waals surface area contributed by atoms with E-state index in [4.69, 9.17) is 0 Å². The monoisotopic (exact) mass is 351 g/mol. The van der Waals surface area contributed by atoms with Gasteiger partial charge < -0.3 is 5.32 Å². The number of fused-ring (bicyclic) bond motifs is 1. The molecule has 6 heteroatoms. The zero-order valence-corrected chi connectivity index (χ0v) is 15.0. The van der Waals surface area contributed by atoms with Crippen LogP contribution in [0.3, 0.4) is 0 Å². The molecule has 3 aromatic rings. The van der Waals surface area contributed by atoms with Gasteiger partial charge in [0.15, 0.2) is 0 Å². The fourth-order valence-corrected chi connectivity index (χ4v) is 3.42. The number of rotatable bonds is 5. The first-order valence-corrected chi connectivity index (χ1v) is 8.89. The Morgan fingerprint density at radius 1 is 1.28 bits per heavy atom. The lowest BCUT2D eigenvalue weighted by Crippen LogP contribution is -2.29. The van der Waals surface area contributed by atoms with Crippen molar-refractivity contribution >= 4 is 34.0 Å². The molecule has 1 amide bonds. The quantitative estimate of drug-likeness (QED) is 0.694. The van der Waals surface area contributed by atoms with Gasteiger partial charge in [0.25, 0.3) is 11.7 Å². The van der Waals surface area contributed by atoms with Crippen molar-refractivity contribution in [3.8, 4) is 6.07 Å². The number of pyridine rings is 1. The number of nitriles is 1. The Labute approximate surface area is 150 Å². The number of aryl methyl sites for hydroxylation is 2. The summed E-state index contributed by atoms with van der Waals surface area (Å²) < 4.78 is 0. The van der Waals surface area contributed by atoms with E-state index in [9.17, 15) is 10.1 Å². The van der Waals surface area contributed by atoms with Gasteiger partial charge in [0.2, 0.25) is 0 Å². The highest BCUT2D eigenvalue weighted by atomic mass is 32.1. The number of hydrogen-bond acceptors (Lipinski definition) is 4. The van der Waals surface area contributed by atoms with E-state index < -0.39 is 0 Å². The molecule has 0 fully saturated rings. The molecular formula is C19H19N4OS+. The molecule has 0 aliphatic rings. The normalized spacial score (nSPS) is 10.4. The summed E-state index contributed by atoms with van der Waals surface area (Å²) in [4.78, 5) is 15.9. The summed E-state index contributed by atoms with van der Waals surface area (Å²) in [6.07, 6.45) is 0. The molecule has 1 aromatic carbocycles. The predicted octanol–water partition coefficient (Wildman–Crippen LogP) is 3.05. The number of hydrogen-bond donors (Lipinski definition) is 2. The van der Waals surface area contributed by atoms with Gasteiger partial charge in [-0.2, -0.15) is 5.26 Å². The van der Waals surface area contributed by atoms with E-state index in [1.807, 2.05) is 31.4 Å². The third kappa shape index (κ3) is 3.78. The lowest BCUT2D eigenvalue weighted by molar-refractivity contribution is -0.327. The standard InChI is InChI=1S/C19H18N4OS/c1-12-8-13(2)15-10-14(11-20)18(23-16(15)9-12)21-5-6-22-19(24)17-4-3-7-25-17/h3-4,7-10H,5-6H2,1-2H3,(H,21,23)(H,22,24)/p+1. The van der Waals surface area contributed by atoms with Crippen LogP contribution in [0.25, 0.3) is 10.9 Å². The topological polar surface area (TPSA) is 79.1 Å². The summed E-state index contributed by atoms with van der Waals surface area (Å²) in [5.74, 6) is 0.594. The lowest BCUT2D eigenvalue weighted by Gasteiger charge is -2.07. The van der Waals surface area contributed by atoms with E-state index in [-0.39, 0.29) is 5.91 Å². The van der Waals surface area contributed by atoms with Gasteiger partial charge in [-0.3, -0.25) is 10.1 Å². The molecule has 2 aromatic heterocycles. The molecule has 3 N–H and O–H groups in total. The molecule has 3 rings (SSSR count). The van der Waals surface area contributed by atoms with Gasteiger partial charge in [0, 0.05) is 5.39 Å². The van der Waals surface area contributed by atoms with Crippen LogP contribution in [-0.2, 0) is 0 Å². The van der Waals surface area contributed by atoms with Gasteiger partial charge in [-0.15, -0.1) is 11.3 Å². The molecule has 126 valence electrons. The van der Waals surface area contributed by atoms with E-state index in [0.717, 1.165) is 16.5 Å².